The molecule has 0 bridgehead atoms. The Morgan fingerprint density at radius 2 is 2.21 bits per heavy atom. The number of anilines is 1. The second-order valence-corrected chi connectivity index (χ2v) is 2.57. The molecule has 0 atom stereocenters. The number of rotatable bonds is 5. The summed E-state index contributed by atoms with van der Waals surface area (Å²) in [5.41, 5.74) is 6.00. The van der Waals surface area contributed by atoms with Crippen molar-refractivity contribution in [1.29, 1.82) is 0 Å². The SMILES string of the molecule is C=CCNNc1ccccc1[N+](=O)[O-]. The Morgan fingerprint density at radius 3 is 2.86 bits per heavy atom. The van der Waals surface area contributed by atoms with Crippen molar-refractivity contribution in [3.8, 4) is 0 Å². The number of hydrogen-bond acceptors (Lipinski definition) is 4. The standard InChI is InChI=1S/C9H11N3O2/c1-2-7-10-11-8-5-3-4-6-9(8)12(13)14/h2-6,10-11H,1,7H2. The summed E-state index contributed by atoms with van der Waals surface area (Å²) in [5, 5.41) is 10.6. The minimum atomic E-state index is -0.433. The van der Waals surface area contributed by atoms with Crippen LogP contribution in [0.1, 0.15) is 0 Å². The molecule has 0 heterocycles. The van der Waals surface area contributed by atoms with Crippen molar-refractivity contribution in [2.75, 3.05) is 12.0 Å². The number of benzene rings is 1. The molecule has 0 aliphatic rings. The van der Waals surface area contributed by atoms with Crippen molar-refractivity contribution in [2.45, 2.75) is 0 Å². The number of nitrogens with one attached hydrogen (secondary N) is 2. The summed E-state index contributed by atoms with van der Waals surface area (Å²) in [7, 11) is 0. The molecule has 1 aromatic rings. The second-order valence-electron chi connectivity index (χ2n) is 2.57. The Morgan fingerprint density at radius 1 is 1.50 bits per heavy atom. The molecule has 14 heavy (non-hydrogen) atoms. The minimum Gasteiger partial charge on any atom is -0.315 e. The zero-order chi connectivity index (χ0) is 10.4. The van der Waals surface area contributed by atoms with Gasteiger partial charge in [-0.1, -0.05) is 18.2 Å². The van der Waals surface area contributed by atoms with Crippen LogP contribution in [0.4, 0.5) is 11.4 Å². The van der Waals surface area contributed by atoms with Gasteiger partial charge in [-0.2, -0.15) is 0 Å². The van der Waals surface area contributed by atoms with Crippen LogP contribution in [0.2, 0.25) is 0 Å². The quantitative estimate of drug-likeness (QED) is 0.323. The van der Waals surface area contributed by atoms with E-state index < -0.39 is 4.92 Å². The normalized spacial score (nSPS) is 9.43. The van der Waals surface area contributed by atoms with Crippen LogP contribution in [0.3, 0.4) is 0 Å². The van der Waals surface area contributed by atoms with Crippen molar-refractivity contribution in [1.82, 2.24) is 5.43 Å². The molecule has 0 fully saturated rings. The number of para-hydroxylation sites is 2. The summed E-state index contributed by atoms with van der Waals surface area (Å²) in [4.78, 5) is 10.1. The smallest absolute Gasteiger partial charge is 0.293 e. The molecule has 1 rings (SSSR count). The molecule has 2 N–H and O–H groups in total. The summed E-state index contributed by atoms with van der Waals surface area (Å²) in [6.45, 7) is 4.05. The molecule has 0 aromatic heterocycles. The number of hydrazine groups is 1. The highest BCUT2D eigenvalue weighted by Gasteiger charge is 2.10. The summed E-state index contributed by atoms with van der Waals surface area (Å²) in [6, 6.07) is 6.42. The first kappa shape index (κ1) is 10.2. The third-order valence-electron chi connectivity index (χ3n) is 1.57. The fourth-order valence-corrected chi connectivity index (χ4v) is 0.957. The fraction of sp³-hybridized carbons (Fsp3) is 0.111. The van der Waals surface area contributed by atoms with Crippen molar-refractivity contribution in [3.63, 3.8) is 0 Å². The average molecular weight is 193 g/mol. The minimum absolute atomic E-state index is 0.0454. The Balaban J connectivity index is 2.74. The van der Waals surface area contributed by atoms with E-state index >= 15 is 0 Å². The van der Waals surface area contributed by atoms with Gasteiger partial charge in [-0.25, -0.2) is 5.43 Å². The van der Waals surface area contributed by atoms with Crippen molar-refractivity contribution < 1.29 is 4.92 Å². The van der Waals surface area contributed by atoms with E-state index in [1.165, 1.54) is 6.07 Å². The number of nitro benzene ring substituents is 1. The predicted octanol–water partition coefficient (Wildman–Crippen LogP) is 1.70. The maximum absolute atomic E-state index is 10.6. The van der Waals surface area contributed by atoms with Crippen LogP contribution in [-0.2, 0) is 0 Å². The molecule has 5 heteroatoms. The van der Waals surface area contributed by atoms with E-state index in [9.17, 15) is 10.1 Å². The van der Waals surface area contributed by atoms with Gasteiger partial charge in [0.2, 0.25) is 0 Å². The monoisotopic (exact) mass is 193 g/mol. The van der Waals surface area contributed by atoms with Gasteiger partial charge in [0.1, 0.15) is 5.69 Å². The van der Waals surface area contributed by atoms with Crippen LogP contribution in [-0.4, -0.2) is 11.5 Å². The lowest BCUT2D eigenvalue weighted by Crippen LogP contribution is -2.21. The average Bonchev–Trinajstić information content (AvgIpc) is 2.19. The Labute approximate surface area is 81.6 Å². The van der Waals surface area contributed by atoms with Crippen LogP contribution >= 0.6 is 0 Å². The van der Waals surface area contributed by atoms with Gasteiger partial charge in [0, 0.05) is 12.6 Å². The highest BCUT2D eigenvalue weighted by atomic mass is 16.6. The first-order valence-electron chi connectivity index (χ1n) is 4.09. The van der Waals surface area contributed by atoms with Gasteiger partial charge in [0.15, 0.2) is 0 Å². The first-order valence-corrected chi connectivity index (χ1v) is 4.09. The Hall–Kier alpha value is -1.88. The van der Waals surface area contributed by atoms with Crippen LogP contribution in [0.5, 0.6) is 0 Å². The Bertz CT molecular complexity index is 339. The van der Waals surface area contributed by atoms with Crippen LogP contribution in [0, 0.1) is 10.1 Å². The molecule has 0 saturated carbocycles. The highest BCUT2D eigenvalue weighted by Crippen LogP contribution is 2.21. The van der Waals surface area contributed by atoms with Crippen LogP contribution < -0.4 is 10.9 Å². The van der Waals surface area contributed by atoms with Gasteiger partial charge in [0.05, 0.1) is 4.92 Å². The maximum atomic E-state index is 10.6. The van der Waals surface area contributed by atoms with E-state index in [2.05, 4.69) is 17.4 Å². The van der Waals surface area contributed by atoms with Crippen molar-refractivity contribution in [2.24, 2.45) is 0 Å². The van der Waals surface area contributed by atoms with Gasteiger partial charge in [0.25, 0.3) is 5.69 Å². The summed E-state index contributed by atoms with van der Waals surface area (Å²) in [6.07, 6.45) is 1.65. The van der Waals surface area contributed by atoms with Gasteiger partial charge in [-0.3, -0.25) is 10.1 Å². The van der Waals surface area contributed by atoms with E-state index in [4.69, 9.17) is 0 Å². The molecular formula is C9H11N3O2. The summed E-state index contributed by atoms with van der Waals surface area (Å²) < 4.78 is 0. The van der Waals surface area contributed by atoms with E-state index in [1.54, 1.807) is 24.3 Å². The molecule has 0 amide bonds. The zero-order valence-electron chi connectivity index (χ0n) is 7.56. The summed E-state index contributed by atoms with van der Waals surface area (Å²) >= 11 is 0. The summed E-state index contributed by atoms with van der Waals surface area (Å²) in [5.74, 6) is 0. The lowest BCUT2D eigenvalue weighted by atomic mass is 10.3. The predicted molar refractivity (Wildman–Crippen MR) is 54.9 cm³/mol. The topological polar surface area (TPSA) is 67.2 Å². The van der Waals surface area contributed by atoms with Gasteiger partial charge >= 0.3 is 0 Å². The molecule has 0 aliphatic carbocycles. The molecule has 74 valence electrons. The van der Waals surface area contributed by atoms with E-state index in [0.29, 0.717) is 12.2 Å². The van der Waals surface area contributed by atoms with Crippen LogP contribution in [0.25, 0.3) is 0 Å². The Kier molecular flexibility index (Phi) is 3.63. The third-order valence-corrected chi connectivity index (χ3v) is 1.57. The molecule has 0 spiro atoms. The van der Waals surface area contributed by atoms with Gasteiger partial charge < -0.3 is 5.43 Å². The number of hydrogen-bond donors (Lipinski definition) is 2. The molecule has 5 nitrogen and oxygen atoms in total. The third kappa shape index (κ3) is 2.56. The van der Waals surface area contributed by atoms with Crippen molar-refractivity contribution >= 4 is 11.4 Å². The highest BCUT2D eigenvalue weighted by molar-refractivity contribution is 5.60. The first-order chi connectivity index (χ1) is 6.75. The largest absolute Gasteiger partial charge is 0.315 e. The lowest BCUT2D eigenvalue weighted by Gasteiger charge is -2.05. The molecule has 0 saturated heterocycles. The zero-order valence-corrected chi connectivity index (χ0v) is 7.56. The molecule has 0 unspecified atom stereocenters. The lowest BCUT2D eigenvalue weighted by molar-refractivity contribution is -0.384. The molecule has 0 radical (unpaired) electrons. The van der Waals surface area contributed by atoms with Gasteiger partial charge in [-0.05, 0) is 6.07 Å². The number of nitrogens with zero attached hydrogens (tertiary/aromatic N) is 1. The second kappa shape index (κ2) is 4.98. The fourth-order valence-electron chi connectivity index (χ4n) is 0.957. The number of nitro groups is 1. The van der Waals surface area contributed by atoms with E-state index in [-0.39, 0.29) is 5.69 Å². The van der Waals surface area contributed by atoms with Crippen molar-refractivity contribution in [3.05, 3.63) is 47.0 Å². The molecule has 1 aromatic carbocycles. The molecule has 0 aliphatic heterocycles. The van der Waals surface area contributed by atoms with Crippen LogP contribution in [0.15, 0.2) is 36.9 Å². The van der Waals surface area contributed by atoms with E-state index in [0.717, 1.165) is 0 Å². The maximum Gasteiger partial charge on any atom is 0.293 e. The molecular weight excluding hydrogens is 182 g/mol. The van der Waals surface area contributed by atoms with E-state index in [1.807, 2.05) is 0 Å². The van der Waals surface area contributed by atoms with Gasteiger partial charge in [-0.15, -0.1) is 6.58 Å².